The summed E-state index contributed by atoms with van der Waals surface area (Å²) in [5.74, 6) is 0.854. The molecule has 3 aromatic heterocycles. The van der Waals surface area contributed by atoms with Crippen molar-refractivity contribution in [3.63, 3.8) is 0 Å². The van der Waals surface area contributed by atoms with Crippen LogP contribution >= 0.6 is 0 Å². The average Bonchev–Trinajstić information content (AvgIpc) is 3.22. The molecule has 0 spiro atoms. The summed E-state index contributed by atoms with van der Waals surface area (Å²) in [6, 6.07) is 18.5. The van der Waals surface area contributed by atoms with Crippen molar-refractivity contribution in [2.75, 3.05) is 7.11 Å². The molecule has 4 heteroatoms. The van der Waals surface area contributed by atoms with E-state index < -0.39 is 0 Å². The number of fused-ring (bicyclic) bond motifs is 4. The van der Waals surface area contributed by atoms with Gasteiger partial charge in [0.1, 0.15) is 11.4 Å². The van der Waals surface area contributed by atoms with E-state index in [9.17, 15) is 0 Å². The molecule has 0 aliphatic carbocycles. The lowest BCUT2D eigenvalue weighted by molar-refractivity contribution is 0.415. The van der Waals surface area contributed by atoms with Gasteiger partial charge in [-0.3, -0.25) is 4.98 Å². The van der Waals surface area contributed by atoms with Crippen LogP contribution in [0.3, 0.4) is 0 Å². The highest BCUT2D eigenvalue weighted by atomic mass is 16.5. The standard InChI is InChI=1S/C20H15N3O/c1-24-13-6-7-17-15(11-13)14-8-9-21-20(19(14)23-17)18-10-12-4-2-3-5-16(12)22-18/h2-11,22-23H,1H3. The van der Waals surface area contributed by atoms with Gasteiger partial charge in [-0.05, 0) is 36.4 Å². The third-order valence-electron chi connectivity index (χ3n) is 4.51. The van der Waals surface area contributed by atoms with Crippen molar-refractivity contribution in [2.45, 2.75) is 0 Å². The van der Waals surface area contributed by atoms with Gasteiger partial charge in [0.05, 0.1) is 18.3 Å². The number of para-hydroxylation sites is 1. The molecule has 0 unspecified atom stereocenters. The Balaban J connectivity index is 1.82. The van der Waals surface area contributed by atoms with Crippen LogP contribution < -0.4 is 4.74 Å². The highest BCUT2D eigenvalue weighted by Crippen LogP contribution is 2.34. The van der Waals surface area contributed by atoms with Crippen molar-refractivity contribution in [3.05, 3.63) is 60.8 Å². The van der Waals surface area contributed by atoms with Crippen LogP contribution in [0.25, 0.3) is 44.1 Å². The lowest BCUT2D eigenvalue weighted by Crippen LogP contribution is -1.84. The Morgan fingerprint density at radius 1 is 0.875 bits per heavy atom. The van der Waals surface area contributed by atoms with Gasteiger partial charge in [0.25, 0.3) is 0 Å². The van der Waals surface area contributed by atoms with E-state index in [0.29, 0.717) is 0 Å². The first kappa shape index (κ1) is 13.2. The van der Waals surface area contributed by atoms with Gasteiger partial charge < -0.3 is 14.7 Å². The molecule has 0 saturated carbocycles. The number of nitrogens with zero attached hydrogens (tertiary/aromatic N) is 1. The number of hydrogen-bond donors (Lipinski definition) is 2. The van der Waals surface area contributed by atoms with Crippen molar-refractivity contribution in [2.24, 2.45) is 0 Å². The monoisotopic (exact) mass is 313 g/mol. The van der Waals surface area contributed by atoms with E-state index in [-0.39, 0.29) is 0 Å². The smallest absolute Gasteiger partial charge is 0.119 e. The molecule has 0 atom stereocenters. The lowest BCUT2D eigenvalue weighted by Gasteiger charge is -2.00. The predicted molar refractivity (Wildman–Crippen MR) is 97.4 cm³/mol. The maximum absolute atomic E-state index is 5.36. The Bertz CT molecular complexity index is 1170. The summed E-state index contributed by atoms with van der Waals surface area (Å²) in [5, 5.41) is 3.47. The Morgan fingerprint density at radius 2 is 1.79 bits per heavy atom. The first-order chi connectivity index (χ1) is 11.8. The van der Waals surface area contributed by atoms with Crippen LogP contribution in [0.2, 0.25) is 0 Å². The molecule has 0 aliphatic rings. The second kappa shape index (κ2) is 4.86. The van der Waals surface area contributed by atoms with Crippen molar-refractivity contribution in [1.82, 2.24) is 15.0 Å². The minimum absolute atomic E-state index is 0.854. The first-order valence-corrected chi connectivity index (χ1v) is 7.86. The van der Waals surface area contributed by atoms with Crippen LogP contribution in [0.1, 0.15) is 0 Å². The SMILES string of the molecule is COc1ccc2[nH]c3c(-c4cc5ccccc5[nH]4)nccc3c2c1. The van der Waals surface area contributed by atoms with E-state index in [2.05, 4.69) is 39.2 Å². The van der Waals surface area contributed by atoms with Gasteiger partial charge >= 0.3 is 0 Å². The molecule has 4 nitrogen and oxygen atoms in total. The fourth-order valence-corrected chi connectivity index (χ4v) is 3.33. The molecule has 0 saturated heterocycles. The van der Waals surface area contributed by atoms with Crippen molar-refractivity contribution in [1.29, 1.82) is 0 Å². The maximum atomic E-state index is 5.36. The zero-order chi connectivity index (χ0) is 16.1. The maximum Gasteiger partial charge on any atom is 0.119 e. The highest BCUT2D eigenvalue weighted by molar-refractivity contribution is 6.11. The summed E-state index contributed by atoms with van der Waals surface area (Å²) in [6.07, 6.45) is 1.86. The molecule has 0 radical (unpaired) electrons. The van der Waals surface area contributed by atoms with Crippen molar-refractivity contribution in [3.8, 4) is 17.1 Å². The number of aromatic nitrogens is 3. The van der Waals surface area contributed by atoms with Crippen LogP contribution in [0.5, 0.6) is 5.75 Å². The van der Waals surface area contributed by atoms with Crippen LogP contribution in [-0.2, 0) is 0 Å². The molecule has 5 rings (SSSR count). The number of benzene rings is 2. The molecule has 0 bridgehead atoms. The normalized spacial score (nSPS) is 11.5. The molecular formula is C20H15N3O. The zero-order valence-electron chi connectivity index (χ0n) is 13.1. The van der Waals surface area contributed by atoms with E-state index in [1.807, 2.05) is 36.5 Å². The van der Waals surface area contributed by atoms with Crippen molar-refractivity contribution < 1.29 is 4.74 Å². The van der Waals surface area contributed by atoms with E-state index in [4.69, 9.17) is 4.74 Å². The number of methoxy groups -OCH3 is 1. The van der Waals surface area contributed by atoms with Gasteiger partial charge in [-0.15, -0.1) is 0 Å². The third kappa shape index (κ3) is 1.83. The number of aromatic amines is 2. The average molecular weight is 313 g/mol. The topological polar surface area (TPSA) is 53.7 Å². The number of pyridine rings is 1. The molecule has 0 fully saturated rings. The largest absolute Gasteiger partial charge is 0.497 e. The van der Waals surface area contributed by atoms with Gasteiger partial charge in [-0.25, -0.2) is 0 Å². The summed E-state index contributed by atoms with van der Waals surface area (Å²) in [5.41, 5.74) is 5.17. The molecule has 5 aromatic rings. The Kier molecular flexibility index (Phi) is 2.67. The minimum atomic E-state index is 0.854. The molecule has 116 valence electrons. The van der Waals surface area contributed by atoms with E-state index in [0.717, 1.165) is 44.5 Å². The van der Waals surface area contributed by atoms with Gasteiger partial charge in [0, 0.05) is 33.4 Å². The predicted octanol–water partition coefficient (Wildman–Crippen LogP) is 4.87. The van der Waals surface area contributed by atoms with Gasteiger partial charge in [0.2, 0.25) is 0 Å². The van der Waals surface area contributed by atoms with Gasteiger partial charge in [-0.1, -0.05) is 18.2 Å². The first-order valence-electron chi connectivity index (χ1n) is 7.86. The number of hydrogen-bond acceptors (Lipinski definition) is 2. The molecule has 0 aliphatic heterocycles. The van der Waals surface area contributed by atoms with E-state index >= 15 is 0 Å². The van der Waals surface area contributed by atoms with Crippen molar-refractivity contribution >= 4 is 32.7 Å². The number of nitrogens with one attached hydrogen (secondary N) is 2. The second-order valence-electron chi connectivity index (χ2n) is 5.89. The second-order valence-corrected chi connectivity index (χ2v) is 5.89. The Morgan fingerprint density at radius 3 is 2.67 bits per heavy atom. The Labute approximate surface area is 138 Å². The molecule has 24 heavy (non-hydrogen) atoms. The fourth-order valence-electron chi connectivity index (χ4n) is 3.33. The van der Waals surface area contributed by atoms with Crippen LogP contribution in [-0.4, -0.2) is 22.1 Å². The molecule has 0 amide bonds. The fraction of sp³-hybridized carbons (Fsp3) is 0.0500. The summed E-state index contributed by atoms with van der Waals surface area (Å²) in [6.45, 7) is 0. The minimum Gasteiger partial charge on any atom is -0.497 e. The molecule has 3 heterocycles. The molecular weight excluding hydrogens is 298 g/mol. The van der Waals surface area contributed by atoms with Gasteiger partial charge in [0.15, 0.2) is 0 Å². The summed E-state index contributed by atoms with van der Waals surface area (Å²) in [7, 11) is 1.69. The molecule has 2 aromatic carbocycles. The van der Waals surface area contributed by atoms with Crippen LogP contribution in [0.15, 0.2) is 60.8 Å². The third-order valence-corrected chi connectivity index (χ3v) is 4.51. The van der Waals surface area contributed by atoms with E-state index in [1.54, 1.807) is 7.11 Å². The number of H-pyrrole nitrogens is 2. The Hall–Kier alpha value is -3.27. The summed E-state index contributed by atoms with van der Waals surface area (Å²) >= 11 is 0. The summed E-state index contributed by atoms with van der Waals surface area (Å²) < 4.78 is 5.36. The summed E-state index contributed by atoms with van der Waals surface area (Å²) in [4.78, 5) is 11.6. The van der Waals surface area contributed by atoms with E-state index in [1.165, 1.54) is 5.39 Å². The van der Waals surface area contributed by atoms with Crippen LogP contribution in [0.4, 0.5) is 0 Å². The lowest BCUT2D eigenvalue weighted by atomic mass is 10.1. The van der Waals surface area contributed by atoms with Gasteiger partial charge in [-0.2, -0.15) is 0 Å². The quantitative estimate of drug-likeness (QED) is 0.488. The number of ether oxygens (including phenoxy) is 1. The van der Waals surface area contributed by atoms with Crippen LogP contribution in [0, 0.1) is 0 Å². The highest BCUT2D eigenvalue weighted by Gasteiger charge is 2.13. The molecule has 2 N–H and O–H groups in total. The zero-order valence-corrected chi connectivity index (χ0v) is 13.1. The number of rotatable bonds is 2.